The molecule has 3 aromatic rings. The van der Waals surface area contributed by atoms with Gasteiger partial charge in [0.1, 0.15) is 11.8 Å². The average molecular weight is 479 g/mol. The number of methoxy groups -OCH3 is 3. The highest BCUT2D eigenvalue weighted by molar-refractivity contribution is 7.98. The van der Waals surface area contributed by atoms with Crippen LogP contribution in [-0.2, 0) is 10.5 Å². The first-order valence-electron chi connectivity index (χ1n) is 11.1. The number of Topliss-reactive ketones (excluding diaryl/α,β-unsaturated/α-hetero) is 1. The van der Waals surface area contributed by atoms with Crippen LogP contribution in [-0.4, -0.2) is 41.9 Å². The number of fused-ring (bicyclic) bond motifs is 1. The van der Waals surface area contributed by atoms with E-state index >= 15 is 0 Å². The molecule has 1 aliphatic heterocycles. The van der Waals surface area contributed by atoms with Crippen LogP contribution in [0.1, 0.15) is 36.4 Å². The van der Waals surface area contributed by atoms with Gasteiger partial charge in [0.15, 0.2) is 17.3 Å². The maximum absolute atomic E-state index is 13.2. The minimum atomic E-state index is -0.479. The fourth-order valence-corrected chi connectivity index (χ4v) is 5.26. The maximum Gasteiger partial charge on any atom is 0.227 e. The van der Waals surface area contributed by atoms with E-state index in [-0.39, 0.29) is 5.78 Å². The van der Waals surface area contributed by atoms with Crippen LogP contribution in [0.5, 0.6) is 17.2 Å². The predicted octanol–water partition coefficient (Wildman–Crippen LogP) is 4.62. The number of rotatable bonds is 7. The third kappa shape index (κ3) is 4.00. The second-order valence-electron chi connectivity index (χ2n) is 8.08. The Balaban J connectivity index is 1.60. The molecule has 34 heavy (non-hydrogen) atoms. The van der Waals surface area contributed by atoms with E-state index in [1.165, 1.54) is 5.56 Å². The van der Waals surface area contributed by atoms with Gasteiger partial charge >= 0.3 is 0 Å². The molecule has 2 aromatic carbocycles. The summed E-state index contributed by atoms with van der Waals surface area (Å²) in [6.45, 7) is 0. The third-order valence-electron chi connectivity index (χ3n) is 6.09. The number of carbonyl (C=O) groups excluding carboxylic acids is 1. The minimum Gasteiger partial charge on any atom is -0.496 e. The quantitative estimate of drug-likeness (QED) is 0.493. The number of nitrogens with one attached hydrogen (secondary N) is 1. The summed E-state index contributed by atoms with van der Waals surface area (Å²) in [4.78, 5) is 17.9. The third-order valence-corrected chi connectivity index (χ3v) is 7.00. The molecule has 176 valence electrons. The van der Waals surface area contributed by atoms with Crippen LogP contribution in [0.3, 0.4) is 0 Å². The Labute approximate surface area is 202 Å². The summed E-state index contributed by atoms with van der Waals surface area (Å²) in [7, 11) is 4.78. The van der Waals surface area contributed by atoms with E-state index in [9.17, 15) is 4.79 Å². The number of nitrogens with zero attached hydrogens (tertiary/aromatic N) is 3. The molecule has 0 saturated carbocycles. The van der Waals surface area contributed by atoms with Gasteiger partial charge in [-0.2, -0.15) is 4.98 Å². The monoisotopic (exact) mass is 478 g/mol. The van der Waals surface area contributed by atoms with Gasteiger partial charge < -0.3 is 19.5 Å². The highest BCUT2D eigenvalue weighted by Crippen LogP contribution is 2.46. The molecule has 0 amide bonds. The number of allylic oxidation sites excluding steroid dienone is 2. The molecule has 1 aromatic heterocycles. The molecule has 0 fully saturated rings. The minimum absolute atomic E-state index is 0.107. The number of hydrogen-bond acceptors (Lipinski definition) is 8. The summed E-state index contributed by atoms with van der Waals surface area (Å²) in [5.41, 5.74) is 3.57. The molecule has 0 saturated heterocycles. The van der Waals surface area contributed by atoms with Crippen LogP contribution >= 0.6 is 11.8 Å². The Bertz CT molecular complexity index is 1260. The van der Waals surface area contributed by atoms with Crippen LogP contribution in [0.4, 0.5) is 5.95 Å². The van der Waals surface area contributed by atoms with E-state index in [0.29, 0.717) is 40.3 Å². The largest absolute Gasteiger partial charge is 0.496 e. The first-order valence-corrected chi connectivity index (χ1v) is 12.1. The molecule has 2 aliphatic rings. The fourth-order valence-electron chi connectivity index (χ4n) is 4.47. The van der Waals surface area contributed by atoms with Gasteiger partial charge in [0, 0.05) is 35.1 Å². The van der Waals surface area contributed by atoms with Gasteiger partial charge in [0.2, 0.25) is 11.1 Å². The molecular formula is C25H26N4O4S. The Hall–Kier alpha value is -3.46. The van der Waals surface area contributed by atoms with E-state index in [0.717, 1.165) is 29.9 Å². The van der Waals surface area contributed by atoms with Crippen LogP contribution in [0.2, 0.25) is 0 Å². The normalized spacial score (nSPS) is 17.0. The smallest absolute Gasteiger partial charge is 0.227 e. The van der Waals surface area contributed by atoms with Crippen molar-refractivity contribution in [3.8, 4) is 17.2 Å². The van der Waals surface area contributed by atoms with Crippen LogP contribution in [0.25, 0.3) is 0 Å². The lowest BCUT2D eigenvalue weighted by molar-refractivity contribution is -0.116. The molecule has 2 heterocycles. The van der Waals surface area contributed by atoms with Crippen LogP contribution in [0, 0.1) is 0 Å². The number of ether oxygens (including phenoxy) is 3. The zero-order chi connectivity index (χ0) is 23.7. The van der Waals surface area contributed by atoms with E-state index in [4.69, 9.17) is 24.3 Å². The van der Waals surface area contributed by atoms with Gasteiger partial charge in [0.25, 0.3) is 0 Å². The number of carbonyl (C=O) groups is 1. The highest BCUT2D eigenvalue weighted by atomic mass is 32.2. The van der Waals surface area contributed by atoms with Gasteiger partial charge in [-0.15, -0.1) is 5.10 Å². The van der Waals surface area contributed by atoms with Gasteiger partial charge in [-0.3, -0.25) is 4.79 Å². The predicted molar refractivity (Wildman–Crippen MR) is 130 cm³/mol. The van der Waals surface area contributed by atoms with Crippen molar-refractivity contribution >= 4 is 23.5 Å². The summed E-state index contributed by atoms with van der Waals surface area (Å²) in [5.74, 6) is 3.18. The number of anilines is 1. The number of ketones is 1. The van der Waals surface area contributed by atoms with Crippen molar-refractivity contribution in [2.75, 3.05) is 26.6 Å². The SMILES string of the molecule is COc1cc(OC)c([C@H]2C3=C(CCCC3=O)Nc3nc(SCc4ccccc4)nn32)cc1OC. The summed E-state index contributed by atoms with van der Waals surface area (Å²) < 4.78 is 18.5. The van der Waals surface area contributed by atoms with E-state index < -0.39 is 6.04 Å². The van der Waals surface area contributed by atoms with Crippen LogP contribution < -0.4 is 19.5 Å². The summed E-state index contributed by atoms with van der Waals surface area (Å²) in [6, 6.07) is 13.4. The number of aromatic nitrogens is 3. The Morgan fingerprint density at radius 2 is 1.76 bits per heavy atom. The fraction of sp³-hybridized carbons (Fsp3) is 0.320. The maximum atomic E-state index is 13.2. The Morgan fingerprint density at radius 1 is 1.03 bits per heavy atom. The lowest BCUT2D eigenvalue weighted by Crippen LogP contribution is -2.31. The topological polar surface area (TPSA) is 87.5 Å². The number of hydrogen-bond donors (Lipinski definition) is 1. The van der Waals surface area contributed by atoms with Crippen LogP contribution in [0.15, 0.2) is 58.9 Å². The molecule has 5 rings (SSSR count). The summed E-state index contributed by atoms with van der Waals surface area (Å²) >= 11 is 1.56. The van der Waals surface area contributed by atoms with Gasteiger partial charge in [-0.05, 0) is 24.5 Å². The summed E-state index contributed by atoms with van der Waals surface area (Å²) in [6.07, 6.45) is 2.10. The first kappa shape index (κ1) is 22.3. The molecule has 0 spiro atoms. The molecule has 1 N–H and O–H groups in total. The Kier molecular flexibility index (Phi) is 6.19. The molecule has 1 atom stereocenters. The van der Waals surface area contributed by atoms with Crippen molar-refractivity contribution in [1.82, 2.24) is 14.8 Å². The van der Waals surface area contributed by atoms with Crippen molar-refractivity contribution in [2.24, 2.45) is 0 Å². The molecule has 0 radical (unpaired) electrons. The van der Waals surface area contributed by atoms with Crippen molar-refractivity contribution in [1.29, 1.82) is 0 Å². The molecular weight excluding hydrogens is 452 g/mol. The zero-order valence-electron chi connectivity index (χ0n) is 19.3. The van der Waals surface area contributed by atoms with Crippen molar-refractivity contribution in [2.45, 2.75) is 36.2 Å². The van der Waals surface area contributed by atoms with Gasteiger partial charge in [-0.25, -0.2) is 4.68 Å². The summed E-state index contributed by atoms with van der Waals surface area (Å²) in [5, 5.41) is 8.83. The molecule has 8 nitrogen and oxygen atoms in total. The average Bonchev–Trinajstić information content (AvgIpc) is 3.28. The lowest BCUT2D eigenvalue weighted by Gasteiger charge is -2.33. The molecule has 1 aliphatic carbocycles. The Morgan fingerprint density at radius 3 is 2.50 bits per heavy atom. The standard InChI is InChI=1S/C25H26N4O4S/c1-31-19-13-21(33-3)20(32-2)12-16(19)23-22-17(10-7-11-18(22)30)26-24-27-25(28-29(23)24)34-14-15-8-5-4-6-9-15/h4-6,8-9,12-13,23H,7,10-11,14H2,1-3H3,(H,26,27,28)/t23-/m0/s1. The van der Waals surface area contributed by atoms with Gasteiger partial charge in [0.05, 0.1) is 21.3 Å². The number of thioether (sulfide) groups is 1. The second-order valence-corrected chi connectivity index (χ2v) is 9.02. The van der Waals surface area contributed by atoms with Crippen molar-refractivity contribution < 1.29 is 19.0 Å². The highest BCUT2D eigenvalue weighted by Gasteiger charge is 2.38. The van der Waals surface area contributed by atoms with E-state index in [1.807, 2.05) is 24.3 Å². The van der Waals surface area contributed by atoms with E-state index in [2.05, 4.69) is 17.4 Å². The molecule has 9 heteroatoms. The van der Waals surface area contributed by atoms with Gasteiger partial charge in [-0.1, -0.05) is 42.1 Å². The van der Waals surface area contributed by atoms with Crippen molar-refractivity contribution in [3.05, 3.63) is 64.9 Å². The second kappa shape index (κ2) is 9.42. The van der Waals surface area contributed by atoms with E-state index in [1.54, 1.807) is 43.8 Å². The van der Waals surface area contributed by atoms with Crippen molar-refractivity contribution in [3.63, 3.8) is 0 Å². The molecule has 0 unspecified atom stereocenters. The zero-order valence-corrected chi connectivity index (χ0v) is 20.1. The first-order chi connectivity index (χ1) is 16.6. The number of benzene rings is 2. The lowest BCUT2D eigenvalue weighted by atomic mass is 9.85. The molecule has 0 bridgehead atoms.